The van der Waals surface area contributed by atoms with E-state index in [1.807, 2.05) is 77.9 Å². The number of hydrogen-bond donors (Lipinski definition) is 5. The molecule has 3 aromatic rings. The molecule has 0 saturated carbocycles. The van der Waals surface area contributed by atoms with Crippen LogP contribution in [-0.4, -0.2) is 18.6 Å². The van der Waals surface area contributed by atoms with Crippen molar-refractivity contribution in [3.63, 3.8) is 0 Å². The molecule has 0 aliphatic heterocycles. The van der Waals surface area contributed by atoms with Crippen LogP contribution in [0.15, 0.2) is 64.6 Å². The summed E-state index contributed by atoms with van der Waals surface area (Å²) in [4.78, 5) is 18.7. The zero-order valence-electron chi connectivity index (χ0n) is 23.5. The lowest BCUT2D eigenvalue weighted by Crippen LogP contribution is -2.28. The third kappa shape index (κ3) is 5.05. The topological polar surface area (TPSA) is 141 Å². The molecule has 0 fully saturated rings. The average molecular weight is 525 g/mol. The van der Waals surface area contributed by atoms with E-state index in [1.54, 1.807) is 6.08 Å². The van der Waals surface area contributed by atoms with Gasteiger partial charge in [0.15, 0.2) is 5.76 Å². The van der Waals surface area contributed by atoms with Crippen molar-refractivity contribution in [1.29, 1.82) is 0 Å². The number of carbonyl (C=O) groups excluding carboxylic acids is 1. The number of anilines is 5. The lowest BCUT2D eigenvalue weighted by atomic mass is 9.99. The molecule has 1 aliphatic carbocycles. The molecule has 3 aromatic carbocycles. The first-order valence-electron chi connectivity index (χ1n) is 12.7. The summed E-state index contributed by atoms with van der Waals surface area (Å²) in [6.07, 6.45) is 1.74. The van der Waals surface area contributed by atoms with Gasteiger partial charge in [-0.05, 0) is 117 Å². The van der Waals surface area contributed by atoms with Gasteiger partial charge in [0.1, 0.15) is 5.70 Å². The molecule has 8 N–H and O–H groups in total. The average Bonchev–Trinajstić information content (AvgIpc) is 2.91. The first-order chi connectivity index (χ1) is 18.4. The van der Waals surface area contributed by atoms with Gasteiger partial charge >= 0.3 is 0 Å². The number of allylic oxidation sites excluding steroid dienone is 1. The van der Waals surface area contributed by atoms with Crippen LogP contribution in [-0.2, 0) is 9.53 Å². The summed E-state index contributed by atoms with van der Waals surface area (Å²) in [5.41, 5.74) is 29.8. The van der Waals surface area contributed by atoms with Crippen molar-refractivity contribution in [2.24, 2.45) is 4.99 Å². The molecule has 0 unspecified atom stereocenters. The number of ether oxygens (including phenoxy) is 1. The highest BCUT2D eigenvalue weighted by Gasteiger charge is 2.30. The Morgan fingerprint density at radius 1 is 0.667 bits per heavy atom. The summed E-state index contributed by atoms with van der Waals surface area (Å²) in [5, 5.41) is 6.70. The van der Waals surface area contributed by atoms with Crippen molar-refractivity contribution in [2.45, 2.75) is 41.5 Å². The lowest BCUT2D eigenvalue weighted by Gasteiger charge is -2.24. The highest BCUT2D eigenvalue weighted by atomic mass is 16.5. The number of nitrogens with one attached hydrogen (secondary N) is 2. The summed E-state index contributed by atoms with van der Waals surface area (Å²) in [6.45, 7) is 11.8. The Labute approximate surface area is 229 Å². The first-order valence-corrected chi connectivity index (χ1v) is 12.7. The van der Waals surface area contributed by atoms with Crippen LogP contribution in [0.2, 0.25) is 0 Å². The van der Waals surface area contributed by atoms with Gasteiger partial charge < -0.3 is 32.6 Å². The molecule has 8 nitrogen and oxygen atoms in total. The van der Waals surface area contributed by atoms with Crippen LogP contribution in [0.5, 0.6) is 0 Å². The molecule has 202 valence electrons. The Morgan fingerprint density at radius 3 is 1.69 bits per heavy atom. The summed E-state index contributed by atoms with van der Waals surface area (Å²) >= 11 is 0. The van der Waals surface area contributed by atoms with Crippen LogP contribution >= 0.6 is 0 Å². The molecule has 39 heavy (non-hydrogen) atoms. The van der Waals surface area contributed by atoms with Gasteiger partial charge in [-0.2, -0.15) is 0 Å². The van der Waals surface area contributed by atoms with Crippen LogP contribution in [0.3, 0.4) is 0 Å². The van der Waals surface area contributed by atoms with E-state index in [1.165, 1.54) is 7.11 Å². The molecule has 0 spiro atoms. The minimum Gasteiger partial charge on any atom is -0.491 e. The van der Waals surface area contributed by atoms with Crippen molar-refractivity contribution >= 4 is 45.6 Å². The smallest absolute Gasteiger partial charge is 0.245 e. The Morgan fingerprint density at radius 2 is 1.15 bits per heavy atom. The van der Waals surface area contributed by atoms with E-state index in [0.29, 0.717) is 34.2 Å². The first kappa shape index (κ1) is 27.3. The van der Waals surface area contributed by atoms with Gasteiger partial charge in [-0.15, -0.1) is 0 Å². The maximum Gasteiger partial charge on any atom is 0.245 e. The summed E-state index contributed by atoms with van der Waals surface area (Å²) in [5.74, 6) is -0.162. The fourth-order valence-electron chi connectivity index (χ4n) is 4.44. The summed E-state index contributed by atoms with van der Waals surface area (Å²) < 4.78 is 5.71. The number of ketones is 1. The third-order valence-electron chi connectivity index (χ3n) is 7.65. The predicted molar refractivity (Wildman–Crippen MR) is 162 cm³/mol. The number of carbonyl (C=O) groups is 1. The zero-order chi connectivity index (χ0) is 28.6. The minimum atomic E-state index is -0.303. The highest BCUT2D eigenvalue weighted by Crippen LogP contribution is 2.33. The van der Waals surface area contributed by atoms with E-state index in [4.69, 9.17) is 26.9 Å². The molecule has 0 atom stereocenters. The maximum absolute atomic E-state index is 13.7. The molecule has 0 amide bonds. The molecule has 1 aliphatic rings. The predicted octanol–water partition coefficient (Wildman–Crippen LogP) is 5.91. The standard InChI is InChI=1S/C31H36N6O2/c1-15-18(4)24(11-8-21(15)32)35-27-14-28(36-25-12-9-22(33)16(2)19(25)5)30(38)31(39-7)29(27)37-26-13-10-23(34)17(3)20(26)6/h8-14,36-37H,32-34H2,1-7H3. The molecule has 4 rings (SSSR count). The van der Waals surface area contributed by atoms with Crippen molar-refractivity contribution < 1.29 is 9.53 Å². The SMILES string of the molecule is COC1=C(Nc2ccc(N)c(C)c2C)C(=Nc2ccc(N)c(C)c2C)C=C(Nc2ccc(N)c(C)c2C)C1=O. The monoisotopic (exact) mass is 524 g/mol. The Kier molecular flexibility index (Phi) is 7.40. The molecular weight excluding hydrogens is 488 g/mol. The van der Waals surface area contributed by atoms with E-state index in [9.17, 15) is 4.79 Å². The Hall–Kier alpha value is -4.72. The number of hydrogen-bond acceptors (Lipinski definition) is 8. The minimum absolute atomic E-state index is 0.141. The lowest BCUT2D eigenvalue weighted by molar-refractivity contribution is -0.115. The summed E-state index contributed by atoms with van der Waals surface area (Å²) in [7, 11) is 1.48. The van der Waals surface area contributed by atoms with Gasteiger partial charge in [-0.3, -0.25) is 4.79 Å². The normalized spacial score (nSPS) is 14.5. The van der Waals surface area contributed by atoms with Crippen molar-refractivity contribution in [2.75, 3.05) is 34.9 Å². The highest BCUT2D eigenvalue weighted by molar-refractivity contribution is 6.26. The van der Waals surface area contributed by atoms with Crippen molar-refractivity contribution in [1.82, 2.24) is 0 Å². The van der Waals surface area contributed by atoms with Crippen LogP contribution in [0.1, 0.15) is 33.4 Å². The molecule has 8 heteroatoms. The van der Waals surface area contributed by atoms with Gasteiger partial charge in [-0.1, -0.05) is 0 Å². The van der Waals surface area contributed by atoms with Gasteiger partial charge in [0.25, 0.3) is 0 Å². The number of benzene rings is 3. The number of aliphatic imine (C=N–C) groups is 1. The van der Waals surface area contributed by atoms with Crippen LogP contribution in [0, 0.1) is 41.5 Å². The molecule has 0 saturated heterocycles. The van der Waals surface area contributed by atoms with Gasteiger partial charge in [0, 0.05) is 28.4 Å². The second-order valence-corrected chi connectivity index (χ2v) is 9.87. The van der Waals surface area contributed by atoms with E-state index in [0.717, 1.165) is 50.4 Å². The van der Waals surface area contributed by atoms with E-state index < -0.39 is 0 Å². The Bertz CT molecular complexity index is 1600. The van der Waals surface area contributed by atoms with E-state index >= 15 is 0 Å². The largest absolute Gasteiger partial charge is 0.491 e. The third-order valence-corrected chi connectivity index (χ3v) is 7.65. The van der Waals surface area contributed by atoms with Gasteiger partial charge in [0.2, 0.25) is 5.78 Å². The fourth-order valence-corrected chi connectivity index (χ4v) is 4.44. The maximum atomic E-state index is 13.7. The van der Waals surface area contributed by atoms with E-state index in [2.05, 4.69) is 10.6 Å². The van der Waals surface area contributed by atoms with Crippen LogP contribution in [0.25, 0.3) is 0 Å². The number of nitrogen functional groups attached to an aromatic ring is 3. The molecule has 0 bridgehead atoms. The molecule has 0 aromatic heterocycles. The van der Waals surface area contributed by atoms with Gasteiger partial charge in [-0.25, -0.2) is 4.99 Å². The van der Waals surface area contributed by atoms with Gasteiger partial charge in [0.05, 0.1) is 24.2 Å². The second kappa shape index (κ2) is 10.6. The number of nitrogens with two attached hydrogens (primary N) is 3. The van der Waals surface area contributed by atoms with Crippen molar-refractivity contribution in [3.05, 3.63) is 93.0 Å². The number of nitrogens with zero attached hydrogens (tertiary/aromatic N) is 1. The fraction of sp³-hybridized carbons (Fsp3) is 0.226. The molecule has 0 heterocycles. The number of Topliss-reactive ketones (excluding diaryl/α,β-unsaturated/α-hetero) is 1. The quantitative estimate of drug-likeness (QED) is 0.199. The zero-order valence-corrected chi connectivity index (χ0v) is 23.5. The molecular formula is C31H36N6O2. The Balaban J connectivity index is 1.89. The molecule has 0 radical (unpaired) electrons. The van der Waals surface area contributed by atoms with Crippen LogP contribution < -0.4 is 27.8 Å². The second-order valence-electron chi connectivity index (χ2n) is 9.87. The number of methoxy groups -OCH3 is 1. The summed E-state index contributed by atoms with van der Waals surface area (Å²) in [6, 6.07) is 11.1. The number of rotatable bonds is 6. The van der Waals surface area contributed by atoms with Crippen molar-refractivity contribution in [3.8, 4) is 0 Å². The van der Waals surface area contributed by atoms with Crippen LogP contribution in [0.4, 0.5) is 34.1 Å². The van der Waals surface area contributed by atoms with E-state index in [-0.39, 0.29) is 11.5 Å².